The number of imidazole rings is 1. The Hall–Kier alpha value is -3.31. The van der Waals surface area contributed by atoms with E-state index in [2.05, 4.69) is 10.6 Å². The van der Waals surface area contributed by atoms with Crippen LogP contribution in [0.3, 0.4) is 0 Å². The molecule has 154 valence electrons. The van der Waals surface area contributed by atoms with Crippen LogP contribution in [-0.2, 0) is 6.54 Å². The van der Waals surface area contributed by atoms with Gasteiger partial charge in [-0.15, -0.1) is 0 Å². The number of unbranched alkanes of at least 4 members (excludes halogenated alkanes) is 1. The lowest BCUT2D eigenvalue weighted by Crippen LogP contribution is -2.11. The lowest BCUT2D eigenvalue weighted by atomic mass is 10.1. The normalized spacial score (nSPS) is 12.1. The molecule has 0 amide bonds. The Balaban J connectivity index is 1.45. The smallest absolute Gasteiger partial charge is 0.161 e. The summed E-state index contributed by atoms with van der Waals surface area (Å²) in [6.45, 7) is 1.36. The molecule has 1 atom stereocenters. The minimum Gasteiger partial charge on any atom is -0.493 e. The molecule has 3 aromatic carbocycles. The van der Waals surface area contributed by atoms with Crippen molar-refractivity contribution >= 4 is 11.0 Å². The molecule has 5 nitrogen and oxygen atoms in total. The average molecular weight is 402 g/mol. The monoisotopic (exact) mass is 402 g/mol. The van der Waals surface area contributed by atoms with E-state index in [1.165, 1.54) is 0 Å². The third kappa shape index (κ3) is 4.31. The third-order valence-corrected chi connectivity index (χ3v) is 5.15. The average Bonchev–Trinajstić information content (AvgIpc) is 3.18. The van der Waals surface area contributed by atoms with Crippen molar-refractivity contribution in [1.82, 2.24) is 9.55 Å². The van der Waals surface area contributed by atoms with Crippen LogP contribution in [0.5, 0.6) is 11.5 Å². The lowest BCUT2D eigenvalue weighted by molar-refractivity contribution is 0.204. The largest absolute Gasteiger partial charge is 0.493 e. The number of aliphatic hydroxyl groups is 1. The molecule has 0 spiro atoms. The van der Waals surface area contributed by atoms with Gasteiger partial charge in [0, 0.05) is 6.54 Å². The minimum atomic E-state index is -0.761. The van der Waals surface area contributed by atoms with Gasteiger partial charge in [0.05, 0.1) is 24.8 Å². The molecular formula is C25H26N2O3. The zero-order chi connectivity index (χ0) is 20.8. The molecule has 30 heavy (non-hydrogen) atoms. The zero-order valence-corrected chi connectivity index (χ0v) is 17.1. The van der Waals surface area contributed by atoms with Gasteiger partial charge < -0.3 is 19.1 Å². The molecule has 5 heteroatoms. The number of fused-ring (bicyclic) bond motifs is 1. The number of para-hydroxylation sites is 4. The number of benzene rings is 3. The Morgan fingerprint density at radius 3 is 2.37 bits per heavy atom. The molecule has 1 N–H and O–H groups in total. The van der Waals surface area contributed by atoms with E-state index < -0.39 is 6.10 Å². The number of methoxy groups -OCH3 is 1. The summed E-state index contributed by atoms with van der Waals surface area (Å²) >= 11 is 0. The number of aromatic nitrogens is 2. The van der Waals surface area contributed by atoms with Crippen LogP contribution in [0.15, 0.2) is 78.9 Å². The fourth-order valence-electron chi connectivity index (χ4n) is 3.61. The van der Waals surface area contributed by atoms with Gasteiger partial charge in [0.15, 0.2) is 11.5 Å². The summed E-state index contributed by atoms with van der Waals surface area (Å²) < 4.78 is 13.3. The number of ether oxygens (including phenoxy) is 2. The first-order chi connectivity index (χ1) is 14.8. The highest BCUT2D eigenvalue weighted by Crippen LogP contribution is 2.27. The summed E-state index contributed by atoms with van der Waals surface area (Å²) in [5.74, 6) is 2.17. The number of aryl methyl sites for hydroxylation is 1. The number of hydrogen-bond donors (Lipinski definition) is 1. The fraction of sp³-hybridized carbons (Fsp3) is 0.240. The summed E-state index contributed by atoms with van der Waals surface area (Å²) in [6, 6.07) is 25.3. The van der Waals surface area contributed by atoms with Crippen LogP contribution < -0.4 is 9.47 Å². The van der Waals surface area contributed by atoms with Crippen molar-refractivity contribution in [3.05, 3.63) is 90.3 Å². The highest BCUT2D eigenvalue weighted by molar-refractivity contribution is 5.76. The van der Waals surface area contributed by atoms with Crippen LogP contribution >= 0.6 is 0 Å². The summed E-state index contributed by atoms with van der Waals surface area (Å²) in [5.41, 5.74) is 2.77. The SMILES string of the molecule is COc1ccccc1OCCCCn1c(C(O)c2ccccc2)nc2ccccc21. The Bertz CT molecular complexity index is 1090. The molecule has 4 aromatic rings. The summed E-state index contributed by atoms with van der Waals surface area (Å²) in [6.07, 6.45) is 1.03. The number of rotatable bonds is 9. The Morgan fingerprint density at radius 1 is 0.867 bits per heavy atom. The number of aliphatic hydroxyl groups excluding tert-OH is 1. The van der Waals surface area contributed by atoms with Crippen molar-refractivity contribution in [2.45, 2.75) is 25.5 Å². The predicted octanol–water partition coefficient (Wildman–Crippen LogP) is 4.99. The van der Waals surface area contributed by atoms with E-state index in [1.807, 2.05) is 72.8 Å². The van der Waals surface area contributed by atoms with Crippen LogP contribution in [0.1, 0.15) is 30.3 Å². The van der Waals surface area contributed by atoms with Gasteiger partial charge in [-0.05, 0) is 42.7 Å². The van der Waals surface area contributed by atoms with Gasteiger partial charge >= 0.3 is 0 Å². The van der Waals surface area contributed by atoms with E-state index in [0.29, 0.717) is 12.4 Å². The van der Waals surface area contributed by atoms with Gasteiger partial charge in [0.1, 0.15) is 11.9 Å². The van der Waals surface area contributed by atoms with Gasteiger partial charge in [-0.3, -0.25) is 0 Å². The molecule has 0 aliphatic carbocycles. The summed E-state index contributed by atoms with van der Waals surface area (Å²) in [7, 11) is 1.64. The lowest BCUT2D eigenvalue weighted by Gasteiger charge is -2.15. The Morgan fingerprint density at radius 2 is 1.57 bits per heavy atom. The maximum Gasteiger partial charge on any atom is 0.161 e. The van der Waals surface area contributed by atoms with Crippen molar-refractivity contribution < 1.29 is 14.6 Å². The number of nitrogens with zero attached hydrogens (tertiary/aromatic N) is 2. The number of hydrogen-bond acceptors (Lipinski definition) is 4. The minimum absolute atomic E-state index is 0.601. The second kappa shape index (κ2) is 9.46. The van der Waals surface area contributed by atoms with Crippen molar-refractivity contribution in [2.24, 2.45) is 0 Å². The first-order valence-electron chi connectivity index (χ1n) is 10.2. The Kier molecular flexibility index (Phi) is 6.30. The van der Waals surface area contributed by atoms with Crippen molar-refractivity contribution in [1.29, 1.82) is 0 Å². The van der Waals surface area contributed by atoms with Crippen LogP contribution in [0.25, 0.3) is 11.0 Å². The summed E-state index contributed by atoms with van der Waals surface area (Å²) in [4.78, 5) is 4.72. The highest BCUT2D eigenvalue weighted by Gasteiger charge is 2.19. The fourth-order valence-corrected chi connectivity index (χ4v) is 3.61. The van der Waals surface area contributed by atoms with E-state index in [-0.39, 0.29) is 0 Å². The van der Waals surface area contributed by atoms with Crippen molar-refractivity contribution in [3.8, 4) is 11.5 Å². The first-order valence-corrected chi connectivity index (χ1v) is 10.2. The van der Waals surface area contributed by atoms with Gasteiger partial charge in [-0.25, -0.2) is 4.98 Å². The molecule has 0 aliphatic rings. The van der Waals surface area contributed by atoms with Crippen molar-refractivity contribution in [3.63, 3.8) is 0 Å². The van der Waals surface area contributed by atoms with E-state index in [0.717, 1.165) is 47.5 Å². The molecule has 0 radical (unpaired) electrons. The summed E-state index contributed by atoms with van der Waals surface area (Å²) in [5, 5.41) is 11.0. The second-order valence-corrected chi connectivity index (χ2v) is 7.13. The molecular weight excluding hydrogens is 376 g/mol. The molecule has 1 aromatic heterocycles. The Labute approximate surface area is 176 Å². The van der Waals surface area contributed by atoms with Crippen LogP contribution in [0.4, 0.5) is 0 Å². The molecule has 0 saturated carbocycles. The maximum atomic E-state index is 11.0. The van der Waals surface area contributed by atoms with Crippen LogP contribution in [0.2, 0.25) is 0 Å². The molecule has 1 heterocycles. The molecule has 0 bridgehead atoms. The van der Waals surface area contributed by atoms with Crippen molar-refractivity contribution in [2.75, 3.05) is 13.7 Å². The molecule has 0 aliphatic heterocycles. The van der Waals surface area contributed by atoms with Gasteiger partial charge in [0.25, 0.3) is 0 Å². The predicted molar refractivity (Wildman–Crippen MR) is 118 cm³/mol. The van der Waals surface area contributed by atoms with Gasteiger partial charge in [-0.2, -0.15) is 0 Å². The molecule has 0 saturated heterocycles. The topological polar surface area (TPSA) is 56.5 Å². The van der Waals surface area contributed by atoms with Crippen LogP contribution in [0, 0.1) is 0 Å². The van der Waals surface area contributed by atoms with Crippen LogP contribution in [-0.4, -0.2) is 28.4 Å². The highest BCUT2D eigenvalue weighted by atomic mass is 16.5. The quantitative estimate of drug-likeness (QED) is 0.401. The molecule has 0 fully saturated rings. The van der Waals surface area contributed by atoms with Gasteiger partial charge in [0.2, 0.25) is 0 Å². The first kappa shape index (κ1) is 20.0. The van der Waals surface area contributed by atoms with E-state index in [4.69, 9.17) is 14.5 Å². The third-order valence-electron chi connectivity index (χ3n) is 5.15. The maximum absolute atomic E-state index is 11.0. The van der Waals surface area contributed by atoms with E-state index in [1.54, 1.807) is 7.11 Å². The standard InChI is InChI=1S/C25H26N2O3/c1-29-22-15-7-8-16-23(22)30-18-10-9-17-27-21-14-6-5-13-20(21)26-25(27)24(28)19-11-3-2-4-12-19/h2-8,11-16,24,28H,9-10,17-18H2,1H3. The molecule has 1 unspecified atom stereocenters. The van der Waals surface area contributed by atoms with E-state index in [9.17, 15) is 5.11 Å². The second-order valence-electron chi connectivity index (χ2n) is 7.13. The zero-order valence-electron chi connectivity index (χ0n) is 17.1. The van der Waals surface area contributed by atoms with E-state index >= 15 is 0 Å². The molecule has 4 rings (SSSR count). The van der Waals surface area contributed by atoms with Gasteiger partial charge in [-0.1, -0.05) is 54.6 Å².